The molecule has 0 bridgehead atoms. The Kier molecular flexibility index (Phi) is 3.50. The van der Waals surface area contributed by atoms with E-state index in [1.807, 2.05) is 0 Å². The molecule has 0 saturated heterocycles. The van der Waals surface area contributed by atoms with Crippen LogP contribution in [0.4, 0.5) is 13.2 Å². The highest BCUT2D eigenvalue weighted by atomic mass is 19.4. The first kappa shape index (κ1) is 15.1. The molecular formula is C16H16F3NO2. The molecule has 6 heteroatoms. The van der Waals surface area contributed by atoms with Gasteiger partial charge in [-0.05, 0) is 37.2 Å². The topological polar surface area (TPSA) is 46.2 Å². The van der Waals surface area contributed by atoms with Gasteiger partial charge in [0.05, 0.1) is 5.54 Å². The van der Waals surface area contributed by atoms with E-state index in [4.69, 9.17) is 0 Å². The highest BCUT2D eigenvalue weighted by molar-refractivity contribution is 5.96. The lowest BCUT2D eigenvalue weighted by molar-refractivity contribution is -0.174. The highest BCUT2D eigenvalue weighted by Crippen LogP contribution is 2.46. The fraction of sp³-hybridized carbons (Fsp3) is 0.500. The number of carbonyl (C=O) groups is 2. The number of nitrogens with one attached hydrogen (secondary N) is 1. The van der Waals surface area contributed by atoms with Crippen LogP contribution in [-0.4, -0.2) is 17.9 Å². The summed E-state index contributed by atoms with van der Waals surface area (Å²) in [5.41, 5.74) is 0.270. The second kappa shape index (κ2) is 5.11. The van der Waals surface area contributed by atoms with E-state index >= 15 is 0 Å². The molecule has 2 fully saturated rings. The second-order valence-corrected chi connectivity index (χ2v) is 6.18. The Bertz CT molecular complexity index is 599. The zero-order chi connectivity index (χ0) is 16.0. The standard InChI is InChI=1S/C16H16F3NO2/c17-16(18,19)14(22)20-15(7-8-15)12-5-3-11(4-6-12)13(21)9-10-1-2-10/h3-6,10H,1-2,7-9H2,(H,20,22). The van der Waals surface area contributed by atoms with Crippen molar-refractivity contribution in [3.63, 3.8) is 0 Å². The quantitative estimate of drug-likeness (QED) is 0.848. The molecule has 0 radical (unpaired) electrons. The van der Waals surface area contributed by atoms with Crippen LogP contribution in [0.5, 0.6) is 0 Å². The molecule has 3 nitrogen and oxygen atoms in total. The van der Waals surface area contributed by atoms with E-state index in [0.717, 1.165) is 12.8 Å². The number of benzene rings is 1. The van der Waals surface area contributed by atoms with Crippen LogP contribution in [-0.2, 0) is 10.3 Å². The molecule has 0 aliphatic heterocycles. The van der Waals surface area contributed by atoms with Crippen LogP contribution < -0.4 is 5.32 Å². The Balaban J connectivity index is 1.69. The van der Waals surface area contributed by atoms with Crippen molar-refractivity contribution >= 4 is 11.7 Å². The summed E-state index contributed by atoms with van der Waals surface area (Å²) in [5.74, 6) is -1.36. The van der Waals surface area contributed by atoms with E-state index in [9.17, 15) is 22.8 Å². The lowest BCUT2D eigenvalue weighted by Crippen LogP contribution is -2.43. The number of halogens is 3. The average molecular weight is 311 g/mol. The number of carbonyl (C=O) groups excluding carboxylic acids is 2. The third-order valence-corrected chi connectivity index (χ3v) is 4.29. The summed E-state index contributed by atoms with van der Waals surface area (Å²) in [6, 6.07) is 6.56. The van der Waals surface area contributed by atoms with Gasteiger partial charge in [-0.15, -0.1) is 0 Å². The van der Waals surface area contributed by atoms with Crippen LogP contribution >= 0.6 is 0 Å². The van der Waals surface area contributed by atoms with Gasteiger partial charge in [-0.25, -0.2) is 0 Å². The maximum absolute atomic E-state index is 12.4. The van der Waals surface area contributed by atoms with Gasteiger partial charge < -0.3 is 5.32 Å². The van der Waals surface area contributed by atoms with E-state index < -0.39 is 17.6 Å². The van der Waals surface area contributed by atoms with E-state index in [2.05, 4.69) is 5.32 Å². The van der Waals surface area contributed by atoms with Crippen molar-refractivity contribution in [2.24, 2.45) is 5.92 Å². The van der Waals surface area contributed by atoms with Gasteiger partial charge in [0.15, 0.2) is 5.78 Å². The molecule has 0 atom stereocenters. The number of Topliss-reactive ketones (excluding diaryl/α,β-unsaturated/α-hetero) is 1. The SMILES string of the molecule is O=C(CC1CC1)c1ccc(C2(NC(=O)C(F)(F)F)CC2)cc1. The first-order chi connectivity index (χ1) is 10.3. The Morgan fingerprint density at radius 3 is 2.18 bits per heavy atom. The third kappa shape index (κ3) is 3.15. The van der Waals surface area contributed by atoms with Crippen molar-refractivity contribution in [1.29, 1.82) is 0 Å². The lowest BCUT2D eigenvalue weighted by Gasteiger charge is -2.19. The van der Waals surface area contributed by atoms with E-state index in [-0.39, 0.29) is 5.78 Å². The molecule has 2 aliphatic carbocycles. The fourth-order valence-corrected chi connectivity index (χ4v) is 2.58. The van der Waals surface area contributed by atoms with Crippen LogP contribution in [0.3, 0.4) is 0 Å². The minimum atomic E-state index is -4.88. The Morgan fingerprint density at radius 2 is 1.73 bits per heavy atom. The summed E-state index contributed by atoms with van der Waals surface area (Å²) in [4.78, 5) is 23.1. The minimum Gasteiger partial charge on any atom is -0.339 e. The molecule has 118 valence electrons. The number of rotatable bonds is 5. The molecular weight excluding hydrogens is 295 g/mol. The monoisotopic (exact) mass is 311 g/mol. The maximum Gasteiger partial charge on any atom is 0.471 e. The summed E-state index contributed by atoms with van der Waals surface area (Å²) in [6.07, 6.45) is -1.20. The van der Waals surface area contributed by atoms with E-state index in [1.165, 1.54) is 0 Å². The lowest BCUT2D eigenvalue weighted by atomic mass is 9.99. The van der Waals surface area contributed by atoms with Gasteiger partial charge in [-0.3, -0.25) is 9.59 Å². The highest BCUT2D eigenvalue weighted by Gasteiger charge is 2.50. The molecule has 2 aliphatic rings. The molecule has 0 spiro atoms. The Hall–Kier alpha value is -1.85. The van der Waals surface area contributed by atoms with E-state index in [1.54, 1.807) is 24.3 Å². The van der Waals surface area contributed by atoms with Gasteiger partial charge in [-0.1, -0.05) is 24.3 Å². The summed E-state index contributed by atoms with van der Waals surface area (Å²) in [5, 5.41) is 2.07. The molecule has 22 heavy (non-hydrogen) atoms. The van der Waals surface area contributed by atoms with Gasteiger partial charge in [0, 0.05) is 12.0 Å². The predicted octanol–water partition coefficient (Wildman–Crippen LogP) is 3.34. The number of hydrogen-bond donors (Lipinski definition) is 1. The van der Waals surface area contributed by atoms with Gasteiger partial charge in [0.2, 0.25) is 0 Å². The van der Waals surface area contributed by atoms with Crippen LogP contribution in [0.15, 0.2) is 24.3 Å². The van der Waals surface area contributed by atoms with E-state index in [0.29, 0.717) is 36.3 Å². The van der Waals surface area contributed by atoms with Crippen molar-refractivity contribution in [2.45, 2.75) is 43.8 Å². The summed E-state index contributed by atoms with van der Waals surface area (Å²) >= 11 is 0. The average Bonchev–Trinajstić information content (AvgIpc) is 3.35. The fourth-order valence-electron chi connectivity index (χ4n) is 2.58. The molecule has 0 heterocycles. The zero-order valence-corrected chi connectivity index (χ0v) is 11.9. The van der Waals surface area contributed by atoms with Crippen molar-refractivity contribution in [3.8, 4) is 0 Å². The Morgan fingerprint density at radius 1 is 1.14 bits per heavy atom. The molecule has 2 saturated carbocycles. The van der Waals surface area contributed by atoms with Gasteiger partial charge in [0.25, 0.3) is 0 Å². The first-order valence-corrected chi connectivity index (χ1v) is 7.33. The zero-order valence-electron chi connectivity index (χ0n) is 11.9. The van der Waals surface area contributed by atoms with Crippen molar-refractivity contribution in [3.05, 3.63) is 35.4 Å². The summed E-state index contributed by atoms with van der Waals surface area (Å²) in [7, 11) is 0. The Labute approximate surface area is 125 Å². The molecule has 1 amide bonds. The predicted molar refractivity (Wildman–Crippen MR) is 73.2 cm³/mol. The number of hydrogen-bond acceptors (Lipinski definition) is 2. The summed E-state index contributed by atoms with van der Waals surface area (Å²) in [6.45, 7) is 0. The van der Waals surface area contributed by atoms with Gasteiger partial charge >= 0.3 is 12.1 Å². The molecule has 1 aromatic rings. The maximum atomic E-state index is 12.4. The summed E-state index contributed by atoms with van der Waals surface area (Å²) < 4.78 is 37.1. The molecule has 0 aromatic heterocycles. The number of alkyl halides is 3. The largest absolute Gasteiger partial charge is 0.471 e. The number of ketones is 1. The van der Waals surface area contributed by atoms with Crippen molar-refractivity contribution < 1.29 is 22.8 Å². The second-order valence-electron chi connectivity index (χ2n) is 6.18. The van der Waals surface area contributed by atoms with Crippen molar-refractivity contribution in [1.82, 2.24) is 5.32 Å². The van der Waals surface area contributed by atoms with Crippen LogP contribution in [0.2, 0.25) is 0 Å². The molecule has 3 rings (SSSR count). The first-order valence-electron chi connectivity index (χ1n) is 7.33. The molecule has 1 aromatic carbocycles. The van der Waals surface area contributed by atoms with Gasteiger partial charge in [0.1, 0.15) is 0 Å². The normalized spacial score (nSPS) is 19.6. The van der Waals surface area contributed by atoms with Crippen molar-refractivity contribution in [2.75, 3.05) is 0 Å². The number of amides is 1. The van der Waals surface area contributed by atoms with Crippen LogP contribution in [0.1, 0.15) is 48.0 Å². The van der Waals surface area contributed by atoms with Gasteiger partial charge in [-0.2, -0.15) is 13.2 Å². The third-order valence-electron chi connectivity index (χ3n) is 4.29. The smallest absolute Gasteiger partial charge is 0.339 e. The van der Waals surface area contributed by atoms with Crippen LogP contribution in [0.25, 0.3) is 0 Å². The molecule has 1 N–H and O–H groups in total. The minimum absolute atomic E-state index is 0.0678. The van der Waals surface area contributed by atoms with Crippen LogP contribution in [0, 0.1) is 5.92 Å². The molecule has 0 unspecified atom stereocenters.